The Hall–Kier alpha value is -2.18. The van der Waals surface area contributed by atoms with Gasteiger partial charge in [0.1, 0.15) is 0 Å². The highest BCUT2D eigenvalue weighted by molar-refractivity contribution is 7.88. The molecule has 2 aromatic rings. The Balaban J connectivity index is 1.84. The maximum Gasteiger partial charge on any atom is 0.434 e. The van der Waals surface area contributed by atoms with Gasteiger partial charge in [0.2, 0.25) is 10.0 Å². The molecule has 1 heterocycles. The van der Waals surface area contributed by atoms with E-state index in [0.29, 0.717) is 36.0 Å². The molecule has 0 spiro atoms. The molecule has 0 aliphatic heterocycles. The summed E-state index contributed by atoms with van der Waals surface area (Å²) in [6.07, 6.45) is -4.10. The van der Waals surface area contributed by atoms with Crippen LogP contribution in [0.1, 0.15) is 21.8 Å². The zero-order chi connectivity index (χ0) is 21.5. The SMILES string of the molecule is CN=C(NCCc1nc(C(F)(F)F)cs1)NCc1cccc(CS(=O)(=O)NC)c1. The number of hydrogen-bond acceptors (Lipinski definition) is 5. The Kier molecular flexibility index (Phi) is 7.99. The van der Waals surface area contributed by atoms with Crippen molar-refractivity contribution in [3.8, 4) is 0 Å². The largest absolute Gasteiger partial charge is 0.434 e. The van der Waals surface area contributed by atoms with Gasteiger partial charge in [0.05, 0.1) is 10.8 Å². The third kappa shape index (κ3) is 7.63. The van der Waals surface area contributed by atoms with E-state index in [1.165, 1.54) is 7.05 Å². The highest BCUT2D eigenvalue weighted by Crippen LogP contribution is 2.29. The van der Waals surface area contributed by atoms with E-state index in [1.807, 2.05) is 6.07 Å². The summed E-state index contributed by atoms with van der Waals surface area (Å²) < 4.78 is 63.3. The van der Waals surface area contributed by atoms with Gasteiger partial charge in [-0.2, -0.15) is 13.2 Å². The summed E-state index contributed by atoms with van der Waals surface area (Å²) >= 11 is 0.968. The number of hydrogen-bond donors (Lipinski definition) is 3. The number of benzene rings is 1. The van der Waals surface area contributed by atoms with E-state index in [2.05, 4.69) is 25.3 Å². The number of guanidine groups is 1. The van der Waals surface area contributed by atoms with Crippen molar-refractivity contribution in [2.45, 2.75) is 24.9 Å². The molecule has 0 bridgehead atoms. The van der Waals surface area contributed by atoms with Gasteiger partial charge < -0.3 is 10.6 Å². The van der Waals surface area contributed by atoms with Crippen molar-refractivity contribution in [2.24, 2.45) is 4.99 Å². The minimum absolute atomic E-state index is 0.113. The summed E-state index contributed by atoms with van der Waals surface area (Å²) in [4.78, 5) is 7.65. The number of thiazole rings is 1. The molecule has 1 aromatic carbocycles. The molecule has 1 aromatic heterocycles. The first-order valence-corrected chi connectivity index (χ1v) is 11.1. The summed E-state index contributed by atoms with van der Waals surface area (Å²) in [5.74, 6) is 0.365. The van der Waals surface area contributed by atoms with Gasteiger partial charge in [-0.15, -0.1) is 11.3 Å². The lowest BCUT2D eigenvalue weighted by Gasteiger charge is -2.12. The van der Waals surface area contributed by atoms with E-state index < -0.39 is 21.9 Å². The van der Waals surface area contributed by atoms with Gasteiger partial charge in [-0.3, -0.25) is 4.99 Å². The number of nitrogens with one attached hydrogen (secondary N) is 3. The predicted molar refractivity (Wildman–Crippen MR) is 107 cm³/mol. The molecule has 0 amide bonds. The minimum atomic E-state index is -4.43. The van der Waals surface area contributed by atoms with Crippen LogP contribution in [0.25, 0.3) is 0 Å². The van der Waals surface area contributed by atoms with Crippen LogP contribution < -0.4 is 15.4 Å². The first kappa shape index (κ1) is 23.1. The van der Waals surface area contributed by atoms with Crippen molar-refractivity contribution < 1.29 is 21.6 Å². The molecule has 0 saturated heterocycles. The quantitative estimate of drug-likeness (QED) is 0.424. The van der Waals surface area contributed by atoms with Crippen LogP contribution in [-0.2, 0) is 34.9 Å². The lowest BCUT2D eigenvalue weighted by Crippen LogP contribution is -2.37. The molecule has 0 aliphatic rings. The highest BCUT2D eigenvalue weighted by atomic mass is 32.2. The number of sulfonamides is 1. The summed E-state index contributed by atoms with van der Waals surface area (Å²) in [5.41, 5.74) is 0.650. The van der Waals surface area contributed by atoms with Crippen molar-refractivity contribution in [1.29, 1.82) is 0 Å². The lowest BCUT2D eigenvalue weighted by molar-refractivity contribution is -0.140. The van der Waals surface area contributed by atoms with Crippen LogP contribution in [0.15, 0.2) is 34.6 Å². The zero-order valence-electron chi connectivity index (χ0n) is 15.9. The number of aliphatic imine (C=N–C) groups is 1. The lowest BCUT2D eigenvalue weighted by atomic mass is 10.1. The van der Waals surface area contributed by atoms with E-state index in [4.69, 9.17) is 0 Å². The van der Waals surface area contributed by atoms with Crippen molar-refractivity contribution in [3.63, 3.8) is 0 Å². The first-order valence-electron chi connectivity index (χ1n) is 8.58. The monoisotopic (exact) mass is 449 g/mol. The second-order valence-electron chi connectivity index (χ2n) is 6.01. The summed E-state index contributed by atoms with van der Waals surface area (Å²) in [5, 5.41) is 7.49. The van der Waals surface area contributed by atoms with Crippen LogP contribution in [-0.4, -0.2) is 40.0 Å². The second kappa shape index (κ2) is 10.0. The summed E-state index contributed by atoms with van der Waals surface area (Å²) in [6, 6.07) is 7.14. The molecule has 0 unspecified atom stereocenters. The van der Waals surface area contributed by atoms with Crippen molar-refractivity contribution in [2.75, 3.05) is 20.6 Å². The van der Waals surface area contributed by atoms with Crippen LogP contribution in [0.4, 0.5) is 13.2 Å². The molecular formula is C17H22F3N5O2S2. The van der Waals surface area contributed by atoms with E-state index in [1.54, 1.807) is 25.2 Å². The fourth-order valence-electron chi connectivity index (χ4n) is 2.37. The third-order valence-electron chi connectivity index (χ3n) is 3.82. The predicted octanol–water partition coefficient (Wildman–Crippen LogP) is 2.12. The third-order valence-corrected chi connectivity index (χ3v) is 6.06. The molecule has 0 saturated carbocycles. The first-order chi connectivity index (χ1) is 13.6. The van der Waals surface area contributed by atoms with E-state index in [0.717, 1.165) is 22.3 Å². The zero-order valence-corrected chi connectivity index (χ0v) is 17.5. The topological polar surface area (TPSA) is 95.5 Å². The number of halogens is 3. The van der Waals surface area contributed by atoms with Gasteiger partial charge in [-0.05, 0) is 18.2 Å². The average molecular weight is 450 g/mol. The summed E-state index contributed by atoms with van der Waals surface area (Å²) in [7, 11) is -0.406. The molecule has 0 atom stereocenters. The Morgan fingerprint density at radius 2 is 1.97 bits per heavy atom. The van der Waals surface area contributed by atoms with Crippen molar-refractivity contribution in [1.82, 2.24) is 20.3 Å². The van der Waals surface area contributed by atoms with E-state index >= 15 is 0 Å². The van der Waals surface area contributed by atoms with Crippen molar-refractivity contribution in [3.05, 3.63) is 51.5 Å². The van der Waals surface area contributed by atoms with Gasteiger partial charge in [-0.1, -0.05) is 24.3 Å². The molecule has 7 nitrogen and oxygen atoms in total. The Morgan fingerprint density at radius 3 is 2.59 bits per heavy atom. The average Bonchev–Trinajstić information content (AvgIpc) is 3.14. The van der Waals surface area contributed by atoms with Crippen LogP contribution >= 0.6 is 11.3 Å². The van der Waals surface area contributed by atoms with Crippen LogP contribution in [0.3, 0.4) is 0 Å². The van der Waals surface area contributed by atoms with Gasteiger partial charge in [0.25, 0.3) is 0 Å². The van der Waals surface area contributed by atoms with Gasteiger partial charge >= 0.3 is 6.18 Å². The molecule has 29 heavy (non-hydrogen) atoms. The molecule has 2 rings (SSSR count). The second-order valence-corrected chi connectivity index (χ2v) is 8.88. The van der Waals surface area contributed by atoms with Gasteiger partial charge in [0.15, 0.2) is 11.7 Å². The standard InChI is InChI=1S/C17H22F3N5O2S2/c1-21-16(23-7-6-15-25-14(10-28-15)17(18,19)20)24-9-12-4-3-5-13(8-12)11-29(26,27)22-2/h3-5,8,10,22H,6-7,9,11H2,1-2H3,(H2,21,23,24). The van der Waals surface area contributed by atoms with Crippen LogP contribution in [0.5, 0.6) is 0 Å². The van der Waals surface area contributed by atoms with Gasteiger partial charge in [-0.25, -0.2) is 18.1 Å². The fourth-order valence-corrected chi connectivity index (χ4v) is 3.94. The maximum absolute atomic E-state index is 12.6. The summed E-state index contributed by atoms with van der Waals surface area (Å²) in [6.45, 7) is 0.771. The fraction of sp³-hybridized carbons (Fsp3) is 0.412. The smallest absolute Gasteiger partial charge is 0.356 e. The molecule has 160 valence electrons. The van der Waals surface area contributed by atoms with Crippen LogP contribution in [0, 0.1) is 0 Å². The molecular weight excluding hydrogens is 427 g/mol. The number of alkyl halides is 3. The van der Waals surface area contributed by atoms with Crippen LogP contribution in [0.2, 0.25) is 0 Å². The molecule has 0 fully saturated rings. The molecule has 12 heteroatoms. The van der Waals surface area contributed by atoms with Crippen molar-refractivity contribution >= 4 is 27.3 Å². The van der Waals surface area contributed by atoms with E-state index in [-0.39, 0.29) is 5.75 Å². The Bertz CT molecular complexity index is 943. The molecule has 0 radical (unpaired) electrons. The Labute approximate surface area is 171 Å². The number of nitrogens with zero attached hydrogens (tertiary/aromatic N) is 2. The number of aromatic nitrogens is 1. The maximum atomic E-state index is 12.6. The van der Waals surface area contributed by atoms with E-state index in [9.17, 15) is 21.6 Å². The number of rotatable bonds is 8. The molecule has 0 aliphatic carbocycles. The highest BCUT2D eigenvalue weighted by Gasteiger charge is 2.33. The normalized spacial score (nSPS) is 12.8. The van der Waals surface area contributed by atoms with Gasteiger partial charge in [0, 0.05) is 31.9 Å². The molecule has 3 N–H and O–H groups in total. The minimum Gasteiger partial charge on any atom is -0.356 e. The Morgan fingerprint density at radius 1 is 1.24 bits per heavy atom.